The van der Waals surface area contributed by atoms with Crippen LogP contribution in [0.4, 0.5) is 0 Å². The number of rotatable bonds is 0. The lowest BCUT2D eigenvalue weighted by molar-refractivity contribution is -0.135. The van der Waals surface area contributed by atoms with Crippen molar-refractivity contribution in [1.29, 1.82) is 0 Å². The predicted octanol–water partition coefficient (Wildman–Crippen LogP) is 3.08. The molecule has 0 saturated heterocycles. The minimum Gasteiger partial charge on any atom is -0.481 e. The summed E-state index contributed by atoms with van der Waals surface area (Å²) in [5.74, 6) is -1.67. The third-order valence-electron chi connectivity index (χ3n) is 0.824. The number of halogens is 2. The van der Waals surface area contributed by atoms with Gasteiger partial charge in [-0.1, -0.05) is 12.1 Å². The summed E-state index contributed by atoms with van der Waals surface area (Å²) in [6.45, 7) is 2.17. The molecule has 2 N–H and O–H groups in total. The van der Waals surface area contributed by atoms with Gasteiger partial charge >= 0.3 is 0 Å². The summed E-state index contributed by atoms with van der Waals surface area (Å²) >= 11 is 4.63. The van der Waals surface area contributed by atoms with Crippen LogP contribution in [0.2, 0.25) is 0 Å². The van der Waals surface area contributed by atoms with Crippen molar-refractivity contribution in [3.05, 3.63) is 31.4 Å². The standard InChI is InChI=1S/C6H4I2.2C2H4O2/c7-5-3-1-2-4-6(5)8;2*1-2(3)4/h1-4H;2*1H3,(H,3,4). The molecule has 1 rings (SSSR count). The van der Waals surface area contributed by atoms with Crippen LogP contribution in [0.3, 0.4) is 0 Å². The summed E-state index contributed by atoms with van der Waals surface area (Å²) in [5.41, 5.74) is 0. The van der Waals surface area contributed by atoms with Crippen molar-refractivity contribution < 1.29 is 19.8 Å². The molecule has 16 heavy (non-hydrogen) atoms. The zero-order valence-electron chi connectivity index (χ0n) is 8.78. The Kier molecular flexibility index (Phi) is 12.5. The number of benzene rings is 1. The molecule has 4 nitrogen and oxygen atoms in total. The van der Waals surface area contributed by atoms with Gasteiger partial charge in [-0.25, -0.2) is 0 Å². The van der Waals surface area contributed by atoms with E-state index in [4.69, 9.17) is 19.8 Å². The highest BCUT2D eigenvalue weighted by Gasteiger charge is 1.87. The van der Waals surface area contributed by atoms with Crippen LogP contribution in [0.5, 0.6) is 0 Å². The lowest BCUT2D eigenvalue weighted by Gasteiger charge is -1.89. The number of carbonyl (C=O) groups is 2. The molecule has 0 radical (unpaired) electrons. The number of aliphatic carboxylic acids is 2. The lowest BCUT2D eigenvalue weighted by Crippen LogP contribution is -1.78. The second kappa shape index (κ2) is 11.1. The van der Waals surface area contributed by atoms with Crippen molar-refractivity contribution in [3.63, 3.8) is 0 Å². The predicted molar refractivity (Wildman–Crippen MR) is 78.5 cm³/mol. The maximum Gasteiger partial charge on any atom is 0.300 e. The molecule has 0 atom stereocenters. The van der Waals surface area contributed by atoms with Crippen molar-refractivity contribution in [2.75, 3.05) is 0 Å². The molecule has 1 aromatic rings. The molecule has 90 valence electrons. The van der Waals surface area contributed by atoms with Crippen molar-refractivity contribution in [2.24, 2.45) is 0 Å². The van der Waals surface area contributed by atoms with Crippen LogP contribution >= 0.6 is 45.2 Å². The lowest BCUT2D eigenvalue weighted by atomic mass is 10.4. The molecule has 0 bridgehead atoms. The van der Waals surface area contributed by atoms with Gasteiger partial charge in [-0.05, 0) is 57.3 Å². The first-order valence-electron chi connectivity index (χ1n) is 4.06. The fraction of sp³-hybridized carbons (Fsp3) is 0.200. The molecule has 0 aliphatic rings. The van der Waals surface area contributed by atoms with Crippen LogP contribution in [0.1, 0.15) is 13.8 Å². The van der Waals surface area contributed by atoms with Crippen molar-refractivity contribution in [3.8, 4) is 0 Å². The second-order valence-electron chi connectivity index (χ2n) is 2.45. The summed E-state index contributed by atoms with van der Waals surface area (Å²) in [7, 11) is 0. The van der Waals surface area contributed by atoms with Gasteiger partial charge in [0.25, 0.3) is 11.9 Å². The Hall–Kier alpha value is -0.380. The monoisotopic (exact) mass is 450 g/mol. The molecule has 1 aromatic carbocycles. The number of hydrogen-bond acceptors (Lipinski definition) is 2. The van der Waals surface area contributed by atoms with Crippen LogP contribution in [-0.2, 0) is 9.59 Å². The number of carboxylic acid groups (broad SMARTS) is 2. The van der Waals surface area contributed by atoms with E-state index in [1.165, 1.54) is 7.14 Å². The van der Waals surface area contributed by atoms with Gasteiger partial charge in [0, 0.05) is 21.0 Å². The Balaban J connectivity index is 0. The summed E-state index contributed by atoms with van der Waals surface area (Å²) in [6, 6.07) is 8.29. The Bertz CT molecular complexity index is 298. The first-order valence-corrected chi connectivity index (χ1v) is 6.22. The quantitative estimate of drug-likeness (QED) is 0.597. The summed E-state index contributed by atoms with van der Waals surface area (Å²) < 4.78 is 2.65. The smallest absolute Gasteiger partial charge is 0.300 e. The molecular weight excluding hydrogens is 438 g/mol. The molecule has 0 fully saturated rings. The number of carboxylic acids is 2. The van der Waals surface area contributed by atoms with Crippen LogP contribution in [0, 0.1) is 7.14 Å². The van der Waals surface area contributed by atoms with Gasteiger partial charge in [0.2, 0.25) is 0 Å². The topological polar surface area (TPSA) is 74.6 Å². The maximum atomic E-state index is 9.00. The first-order chi connectivity index (χ1) is 7.27. The third-order valence-corrected chi connectivity index (χ3v) is 3.74. The molecule has 0 aliphatic heterocycles. The van der Waals surface area contributed by atoms with Gasteiger partial charge < -0.3 is 10.2 Å². The summed E-state index contributed by atoms with van der Waals surface area (Å²) in [6.07, 6.45) is 0. The van der Waals surface area contributed by atoms with Crippen molar-refractivity contribution in [1.82, 2.24) is 0 Å². The van der Waals surface area contributed by atoms with Gasteiger partial charge in [-0.3, -0.25) is 9.59 Å². The van der Waals surface area contributed by atoms with E-state index in [0.29, 0.717) is 0 Å². The second-order valence-corrected chi connectivity index (χ2v) is 4.78. The van der Waals surface area contributed by atoms with E-state index >= 15 is 0 Å². The fourth-order valence-corrected chi connectivity index (χ4v) is 1.21. The molecule has 0 amide bonds. The summed E-state index contributed by atoms with van der Waals surface area (Å²) in [4.78, 5) is 18.0. The minimum absolute atomic E-state index is 0.833. The Morgan fingerprint density at radius 1 is 0.938 bits per heavy atom. The number of hydrogen-bond donors (Lipinski definition) is 2. The molecule has 0 spiro atoms. The van der Waals surface area contributed by atoms with Crippen LogP contribution in [-0.4, -0.2) is 22.2 Å². The van der Waals surface area contributed by atoms with Gasteiger partial charge in [0.05, 0.1) is 0 Å². The van der Waals surface area contributed by atoms with Crippen molar-refractivity contribution in [2.45, 2.75) is 13.8 Å². The van der Waals surface area contributed by atoms with E-state index in [9.17, 15) is 0 Å². The van der Waals surface area contributed by atoms with E-state index in [0.717, 1.165) is 13.8 Å². The molecule has 0 aliphatic carbocycles. The van der Waals surface area contributed by atoms with E-state index in [-0.39, 0.29) is 0 Å². The maximum absolute atomic E-state index is 9.00. The van der Waals surface area contributed by atoms with Crippen LogP contribution < -0.4 is 0 Å². The normalized spacial score (nSPS) is 7.75. The molecule has 0 saturated carbocycles. The molecular formula is C10H12I2O4. The molecule has 0 aromatic heterocycles. The Morgan fingerprint density at radius 3 is 1.25 bits per heavy atom. The average molecular weight is 450 g/mol. The van der Waals surface area contributed by atoms with Crippen LogP contribution in [0.25, 0.3) is 0 Å². The highest BCUT2D eigenvalue weighted by Crippen LogP contribution is 2.12. The highest BCUT2D eigenvalue weighted by atomic mass is 127. The molecule has 0 unspecified atom stereocenters. The van der Waals surface area contributed by atoms with Gasteiger partial charge in [0.15, 0.2) is 0 Å². The van der Waals surface area contributed by atoms with E-state index in [1.54, 1.807) is 0 Å². The zero-order chi connectivity index (χ0) is 13.1. The van der Waals surface area contributed by atoms with Crippen molar-refractivity contribution >= 4 is 57.1 Å². The first kappa shape index (κ1) is 18.0. The largest absolute Gasteiger partial charge is 0.481 e. The summed E-state index contributed by atoms with van der Waals surface area (Å²) in [5, 5.41) is 14.8. The van der Waals surface area contributed by atoms with Gasteiger partial charge in [-0.15, -0.1) is 0 Å². The van der Waals surface area contributed by atoms with Gasteiger partial charge in [0.1, 0.15) is 0 Å². The SMILES string of the molecule is CC(=O)O.CC(=O)O.Ic1ccccc1I. The Labute approximate surface area is 121 Å². The van der Waals surface area contributed by atoms with E-state index in [1.807, 2.05) is 12.1 Å². The fourth-order valence-electron chi connectivity index (χ4n) is 0.439. The van der Waals surface area contributed by atoms with Crippen LogP contribution in [0.15, 0.2) is 24.3 Å². The molecule has 0 heterocycles. The van der Waals surface area contributed by atoms with E-state index < -0.39 is 11.9 Å². The minimum atomic E-state index is -0.833. The zero-order valence-corrected chi connectivity index (χ0v) is 13.1. The van der Waals surface area contributed by atoms with E-state index in [2.05, 4.69) is 57.3 Å². The molecule has 6 heteroatoms. The third kappa shape index (κ3) is 19.2. The Morgan fingerprint density at radius 2 is 1.12 bits per heavy atom. The highest BCUT2D eigenvalue weighted by molar-refractivity contribution is 14.1. The van der Waals surface area contributed by atoms with Gasteiger partial charge in [-0.2, -0.15) is 0 Å². The average Bonchev–Trinajstić information content (AvgIpc) is 2.08.